The quantitative estimate of drug-likeness (QED) is 0.490. The van der Waals surface area contributed by atoms with Gasteiger partial charge in [-0.15, -0.1) is 11.8 Å². The van der Waals surface area contributed by atoms with E-state index in [2.05, 4.69) is 5.32 Å². The third kappa shape index (κ3) is 6.60. The number of nitrogens with one attached hydrogen (secondary N) is 1. The monoisotopic (exact) mass is 446 g/mol. The fourth-order valence-electron chi connectivity index (χ4n) is 2.42. The van der Waals surface area contributed by atoms with Gasteiger partial charge in [0, 0.05) is 27.2 Å². The van der Waals surface area contributed by atoms with Gasteiger partial charge in [0.1, 0.15) is 6.04 Å². The van der Waals surface area contributed by atoms with Gasteiger partial charge in [-0.05, 0) is 55.5 Å². The Morgan fingerprint density at radius 1 is 1.07 bits per heavy atom. The van der Waals surface area contributed by atoms with Crippen LogP contribution in [0, 0.1) is 0 Å². The van der Waals surface area contributed by atoms with Crippen LogP contribution in [0.15, 0.2) is 53.4 Å². The summed E-state index contributed by atoms with van der Waals surface area (Å²) in [7, 11) is -3.64. The van der Waals surface area contributed by atoms with Crippen LogP contribution >= 0.6 is 35.0 Å². The highest BCUT2D eigenvalue weighted by Gasteiger charge is 2.28. The molecule has 5 nitrogen and oxygen atoms in total. The van der Waals surface area contributed by atoms with E-state index >= 15 is 0 Å². The number of thioether (sulfide) groups is 1. The molecular formula is C18H20Cl2N2O3S2. The molecule has 0 bridgehead atoms. The van der Waals surface area contributed by atoms with Gasteiger partial charge in [0.15, 0.2) is 0 Å². The fourth-order valence-corrected chi connectivity index (χ4v) is 4.61. The van der Waals surface area contributed by atoms with E-state index in [-0.39, 0.29) is 5.91 Å². The smallest absolute Gasteiger partial charge is 0.243 e. The van der Waals surface area contributed by atoms with Gasteiger partial charge in [-0.25, -0.2) is 8.42 Å². The van der Waals surface area contributed by atoms with Crippen LogP contribution in [0.1, 0.15) is 6.92 Å². The first-order valence-electron chi connectivity index (χ1n) is 8.09. The van der Waals surface area contributed by atoms with Gasteiger partial charge in [0.2, 0.25) is 15.9 Å². The molecule has 0 fully saturated rings. The molecule has 0 radical (unpaired) electrons. The Bertz CT molecular complexity index is 872. The highest BCUT2D eigenvalue weighted by Crippen LogP contribution is 2.23. The minimum atomic E-state index is -3.64. The molecule has 0 aliphatic carbocycles. The molecule has 0 aromatic heterocycles. The minimum Gasteiger partial charge on any atom is -0.353 e. The van der Waals surface area contributed by atoms with Crippen molar-refractivity contribution in [1.82, 2.24) is 5.32 Å². The third-order valence-corrected chi connectivity index (χ3v) is 6.41. The maximum Gasteiger partial charge on any atom is 0.243 e. The van der Waals surface area contributed by atoms with Crippen molar-refractivity contribution in [1.29, 1.82) is 0 Å². The van der Waals surface area contributed by atoms with Crippen molar-refractivity contribution >= 4 is 56.6 Å². The summed E-state index contributed by atoms with van der Waals surface area (Å²) in [6.07, 6.45) is 1.07. The summed E-state index contributed by atoms with van der Waals surface area (Å²) >= 11 is 13.3. The Kier molecular flexibility index (Phi) is 7.85. The van der Waals surface area contributed by atoms with Gasteiger partial charge in [-0.1, -0.05) is 23.2 Å². The number of halogens is 2. The molecule has 1 amide bonds. The predicted octanol–water partition coefficient (Wildman–Crippen LogP) is 4.06. The number of carbonyl (C=O) groups is 1. The summed E-state index contributed by atoms with van der Waals surface area (Å²) in [6, 6.07) is 12.9. The van der Waals surface area contributed by atoms with E-state index in [0.717, 1.165) is 15.5 Å². The number of sulfonamides is 1. The second-order valence-corrected chi connectivity index (χ2v) is 9.71. The lowest BCUT2D eigenvalue weighted by Crippen LogP contribution is -2.48. The van der Waals surface area contributed by atoms with Crippen molar-refractivity contribution in [3.8, 4) is 0 Å². The first-order valence-corrected chi connectivity index (χ1v) is 11.7. The van der Waals surface area contributed by atoms with Crippen LogP contribution in [0.5, 0.6) is 0 Å². The molecule has 0 unspecified atom stereocenters. The lowest BCUT2D eigenvalue weighted by atomic mass is 10.2. The number of hydrogen-bond donors (Lipinski definition) is 1. The zero-order valence-corrected chi connectivity index (χ0v) is 18.0. The zero-order chi connectivity index (χ0) is 20.0. The summed E-state index contributed by atoms with van der Waals surface area (Å²) in [5, 5.41) is 3.94. The molecule has 2 aromatic rings. The zero-order valence-electron chi connectivity index (χ0n) is 14.9. The average Bonchev–Trinajstić information content (AvgIpc) is 2.60. The van der Waals surface area contributed by atoms with Gasteiger partial charge in [0.25, 0.3) is 0 Å². The number of amides is 1. The largest absolute Gasteiger partial charge is 0.353 e. The molecule has 0 saturated carbocycles. The second-order valence-electron chi connectivity index (χ2n) is 5.80. The molecule has 27 heavy (non-hydrogen) atoms. The van der Waals surface area contributed by atoms with Crippen LogP contribution in [0.4, 0.5) is 5.69 Å². The van der Waals surface area contributed by atoms with E-state index in [9.17, 15) is 13.2 Å². The second kappa shape index (κ2) is 9.68. The Morgan fingerprint density at radius 2 is 1.59 bits per heavy atom. The first-order chi connectivity index (χ1) is 12.7. The Hall–Kier alpha value is -1.41. The highest BCUT2D eigenvalue weighted by molar-refractivity contribution is 7.99. The van der Waals surface area contributed by atoms with Gasteiger partial charge < -0.3 is 5.32 Å². The van der Waals surface area contributed by atoms with Crippen LogP contribution in [0.3, 0.4) is 0 Å². The first kappa shape index (κ1) is 21.9. The van der Waals surface area contributed by atoms with Crippen molar-refractivity contribution < 1.29 is 13.2 Å². The molecule has 0 aliphatic heterocycles. The molecule has 0 heterocycles. The SMILES string of the molecule is C[C@H](C(=O)NCCSc1ccc(Cl)cc1)N(c1ccc(Cl)cc1)S(C)(=O)=O. The number of rotatable bonds is 8. The van der Waals surface area contributed by atoms with Crippen LogP contribution in [0.25, 0.3) is 0 Å². The maximum absolute atomic E-state index is 12.5. The molecule has 0 spiro atoms. The minimum absolute atomic E-state index is 0.368. The van der Waals surface area contributed by atoms with Crippen molar-refractivity contribution in [2.75, 3.05) is 22.9 Å². The number of benzene rings is 2. The standard InChI is InChI=1S/C18H20Cl2N2O3S2/c1-13(22(27(2,24)25)16-7-3-14(19)4-8-16)18(23)21-11-12-26-17-9-5-15(20)6-10-17/h3-10,13H,11-12H2,1-2H3,(H,21,23)/t13-/m1/s1. The van der Waals surface area contributed by atoms with Crippen molar-refractivity contribution in [2.45, 2.75) is 17.9 Å². The van der Waals surface area contributed by atoms with Gasteiger partial charge >= 0.3 is 0 Å². The summed E-state index contributed by atoms with van der Waals surface area (Å²) < 4.78 is 25.5. The lowest BCUT2D eigenvalue weighted by molar-refractivity contribution is -0.121. The van der Waals surface area contributed by atoms with E-state index in [1.807, 2.05) is 12.1 Å². The average molecular weight is 447 g/mol. The number of hydrogen-bond acceptors (Lipinski definition) is 4. The predicted molar refractivity (Wildman–Crippen MR) is 113 cm³/mol. The van der Waals surface area contributed by atoms with Gasteiger partial charge in [0.05, 0.1) is 11.9 Å². The topological polar surface area (TPSA) is 66.5 Å². The molecule has 1 N–H and O–H groups in total. The lowest BCUT2D eigenvalue weighted by Gasteiger charge is -2.28. The molecule has 2 aromatic carbocycles. The number of nitrogens with zero attached hydrogens (tertiary/aromatic N) is 1. The van der Waals surface area contributed by atoms with Crippen LogP contribution < -0.4 is 9.62 Å². The van der Waals surface area contributed by atoms with Gasteiger partial charge in [-0.3, -0.25) is 9.10 Å². The molecule has 1 atom stereocenters. The van der Waals surface area contributed by atoms with Crippen LogP contribution in [-0.4, -0.2) is 38.9 Å². The van der Waals surface area contributed by atoms with Crippen molar-refractivity contribution in [3.05, 3.63) is 58.6 Å². The van der Waals surface area contributed by atoms with Crippen molar-refractivity contribution in [2.24, 2.45) is 0 Å². The Labute approximate surface area is 174 Å². The van der Waals surface area contributed by atoms with E-state index in [1.54, 1.807) is 55.1 Å². The Morgan fingerprint density at radius 3 is 2.11 bits per heavy atom. The van der Waals surface area contributed by atoms with Crippen molar-refractivity contribution in [3.63, 3.8) is 0 Å². The molecular weight excluding hydrogens is 427 g/mol. The Balaban J connectivity index is 1.96. The molecule has 0 saturated heterocycles. The fraction of sp³-hybridized carbons (Fsp3) is 0.278. The molecule has 146 valence electrons. The summed E-state index contributed by atoms with van der Waals surface area (Å²) in [5.41, 5.74) is 0.389. The van der Waals surface area contributed by atoms with E-state index in [0.29, 0.717) is 28.0 Å². The normalized spacial score (nSPS) is 12.4. The van der Waals surface area contributed by atoms with Crippen LogP contribution in [-0.2, 0) is 14.8 Å². The summed E-state index contributed by atoms with van der Waals surface area (Å²) in [5.74, 6) is 0.284. The molecule has 2 rings (SSSR count). The van der Waals surface area contributed by atoms with E-state index < -0.39 is 16.1 Å². The van der Waals surface area contributed by atoms with E-state index in [4.69, 9.17) is 23.2 Å². The summed E-state index contributed by atoms with van der Waals surface area (Å²) in [4.78, 5) is 13.5. The molecule has 0 aliphatic rings. The third-order valence-electron chi connectivity index (χ3n) is 3.65. The molecule has 9 heteroatoms. The maximum atomic E-state index is 12.5. The highest BCUT2D eigenvalue weighted by atomic mass is 35.5. The van der Waals surface area contributed by atoms with Crippen LogP contribution in [0.2, 0.25) is 10.0 Å². The summed E-state index contributed by atoms with van der Waals surface area (Å²) in [6.45, 7) is 1.96. The van der Waals surface area contributed by atoms with Gasteiger partial charge in [-0.2, -0.15) is 0 Å². The van der Waals surface area contributed by atoms with E-state index in [1.165, 1.54) is 0 Å². The number of anilines is 1. The number of carbonyl (C=O) groups excluding carboxylic acids is 1.